The number of methoxy groups -OCH3 is 1. The van der Waals surface area contributed by atoms with Gasteiger partial charge in [0.15, 0.2) is 0 Å². The molecule has 0 saturated heterocycles. The number of carbonyl (C=O) groups is 2. The first kappa shape index (κ1) is 22.8. The first-order chi connectivity index (χ1) is 15.5. The lowest BCUT2D eigenvalue weighted by atomic mass is 10.0. The summed E-state index contributed by atoms with van der Waals surface area (Å²) in [7, 11) is 1.58. The van der Waals surface area contributed by atoms with Crippen LogP contribution in [0, 0.1) is 18.3 Å². The molecule has 0 aliphatic heterocycles. The lowest BCUT2D eigenvalue weighted by molar-refractivity contribution is -0.112. The molecule has 0 fully saturated rings. The van der Waals surface area contributed by atoms with Crippen molar-refractivity contribution < 1.29 is 19.1 Å². The number of benzene rings is 2. The minimum absolute atomic E-state index is 0.0666. The molecule has 0 bridgehead atoms. The predicted molar refractivity (Wildman–Crippen MR) is 126 cm³/mol. The highest BCUT2D eigenvalue weighted by atomic mass is 32.1. The van der Waals surface area contributed by atoms with Crippen LogP contribution in [0.25, 0.3) is 17.2 Å². The number of esters is 1. The van der Waals surface area contributed by atoms with E-state index in [1.165, 1.54) is 17.4 Å². The Balaban J connectivity index is 1.95. The maximum absolute atomic E-state index is 12.8. The number of aryl methyl sites for hydroxylation is 1. The SMILES string of the molecule is CCOC(=O)c1c(-c2ccc(OC)cc2)csc1NC(=O)/C(C#N)=C/c1ccc(C)cc1. The minimum Gasteiger partial charge on any atom is -0.497 e. The fourth-order valence-electron chi connectivity index (χ4n) is 2.99. The third-order valence-corrected chi connectivity index (χ3v) is 5.55. The van der Waals surface area contributed by atoms with Crippen LogP contribution in [0.15, 0.2) is 59.5 Å². The number of nitrogens with zero attached hydrogens (tertiary/aromatic N) is 1. The van der Waals surface area contributed by atoms with Gasteiger partial charge in [-0.25, -0.2) is 4.79 Å². The summed E-state index contributed by atoms with van der Waals surface area (Å²) in [5.74, 6) is -0.451. The zero-order valence-electron chi connectivity index (χ0n) is 18.0. The monoisotopic (exact) mass is 446 g/mol. The summed E-state index contributed by atoms with van der Waals surface area (Å²) in [4.78, 5) is 25.5. The van der Waals surface area contributed by atoms with Crippen molar-refractivity contribution in [2.75, 3.05) is 19.0 Å². The van der Waals surface area contributed by atoms with Gasteiger partial charge in [-0.05, 0) is 43.2 Å². The van der Waals surface area contributed by atoms with Crippen molar-refractivity contribution in [3.05, 3.63) is 76.2 Å². The first-order valence-electron chi connectivity index (χ1n) is 9.89. The van der Waals surface area contributed by atoms with Gasteiger partial charge in [0.05, 0.1) is 13.7 Å². The van der Waals surface area contributed by atoms with Crippen molar-refractivity contribution >= 4 is 34.3 Å². The van der Waals surface area contributed by atoms with E-state index < -0.39 is 11.9 Å². The zero-order valence-corrected chi connectivity index (χ0v) is 18.8. The van der Waals surface area contributed by atoms with Crippen LogP contribution in [0.2, 0.25) is 0 Å². The van der Waals surface area contributed by atoms with Crippen LogP contribution >= 0.6 is 11.3 Å². The average molecular weight is 447 g/mol. The first-order valence-corrected chi connectivity index (χ1v) is 10.8. The number of carbonyl (C=O) groups excluding carboxylic acids is 2. The van der Waals surface area contributed by atoms with E-state index in [1.807, 2.05) is 49.4 Å². The number of anilines is 1. The predicted octanol–water partition coefficient (Wildman–Crippen LogP) is 5.45. The molecular weight excluding hydrogens is 424 g/mol. The molecule has 1 N–H and O–H groups in total. The van der Waals surface area contributed by atoms with Gasteiger partial charge in [0.1, 0.15) is 28.0 Å². The molecule has 0 unspecified atom stereocenters. The fourth-order valence-corrected chi connectivity index (χ4v) is 3.94. The van der Waals surface area contributed by atoms with E-state index in [2.05, 4.69) is 5.32 Å². The molecule has 7 heteroatoms. The number of nitrogens with one attached hydrogen (secondary N) is 1. The van der Waals surface area contributed by atoms with E-state index >= 15 is 0 Å². The van der Waals surface area contributed by atoms with Gasteiger partial charge in [-0.3, -0.25) is 4.79 Å². The Bertz CT molecular complexity index is 1190. The fraction of sp³-hybridized carbons (Fsp3) is 0.160. The van der Waals surface area contributed by atoms with Gasteiger partial charge in [0.25, 0.3) is 5.91 Å². The molecule has 0 spiro atoms. The van der Waals surface area contributed by atoms with Crippen LogP contribution in [0.1, 0.15) is 28.4 Å². The highest BCUT2D eigenvalue weighted by Gasteiger charge is 2.23. The Hall–Kier alpha value is -3.89. The summed E-state index contributed by atoms with van der Waals surface area (Å²) < 4.78 is 10.4. The van der Waals surface area contributed by atoms with Gasteiger partial charge in [-0.2, -0.15) is 5.26 Å². The number of ether oxygens (including phenoxy) is 2. The van der Waals surface area contributed by atoms with Crippen molar-refractivity contribution in [1.29, 1.82) is 5.26 Å². The van der Waals surface area contributed by atoms with Gasteiger partial charge >= 0.3 is 5.97 Å². The van der Waals surface area contributed by atoms with Gasteiger partial charge < -0.3 is 14.8 Å². The van der Waals surface area contributed by atoms with Gasteiger partial charge in [0, 0.05) is 10.9 Å². The largest absolute Gasteiger partial charge is 0.497 e. The summed E-state index contributed by atoms with van der Waals surface area (Å²) >= 11 is 1.20. The molecule has 3 aromatic rings. The van der Waals surface area contributed by atoms with Crippen molar-refractivity contribution in [2.45, 2.75) is 13.8 Å². The molecule has 162 valence electrons. The number of nitriles is 1. The molecule has 6 nitrogen and oxygen atoms in total. The van der Waals surface area contributed by atoms with E-state index in [1.54, 1.807) is 31.5 Å². The highest BCUT2D eigenvalue weighted by molar-refractivity contribution is 7.15. The Kier molecular flexibility index (Phi) is 7.42. The van der Waals surface area contributed by atoms with E-state index in [9.17, 15) is 14.9 Å². The molecule has 1 aromatic heterocycles. The van der Waals surface area contributed by atoms with E-state index in [0.29, 0.717) is 16.3 Å². The molecule has 0 radical (unpaired) electrons. The number of thiophene rings is 1. The van der Waals surface area contributed by atoms with Crippen LogP contribution in [-0.4, -0.2) is 25.6 Å². The Labute approximate surface area is 190 Å². The molecule has 0 saturated carbocycles. The second-order valence-electron chi connectivity index (χ2n) is 6.84. The topological polar surface area (TPSA) is 88.4 Å². The van der Waals surface area contributed by atoms with Crippen molar-refractivity contribution in [2.24, 2.45) is 0 Å². The van der Waals surface area contributed by atoms with E-state index in [-0.39, 0.29) is 17.7 Å². The summed E-state index contributed by atoms with van der Waals surface area (Å²) in [6.45, 7) is 3.87. The quantitative estimate of drug-likeness (QED) is 0.296. The van der Waals surface area contributed by atoms with Crippen molar-refractivity contribution in [1.82, 2.24) is 0 Å². The molecule has 0 aliphatic carbocycles. The Morgan fingerprint density at radius 3 is 2.41 bits per heavy atom. The average Bonchev–Trinajstić information content (AvgIpc) is 3.22. The lowest BCUT2D eigenvalue weighted by Gasteiger charge is -2.09. The van der Waals surface area contributed by atoms with Crippen LogP contribution in [0.4, 0.5) is 5.00 Å². The molecule has 0 aliphatic rings. The molecule has 1 heterocycles. The van der Waals surface area contributed by atoms with Gasteiger partial charge in [0.2, 0.25) is 0 Å². The minimum atomic E-state index is -0.596. The zero-order chi connectivity index (χ0) is 23.1. The van der Waals surface area contributed by atoms with E-state index in [0.717, 1.165) is 16.7 Å². The van der Waals surface area contributed by atoms with Crippen molar-refractivity contribution in [3.8, 4) is 22.9 Å². The van der Waals surface area contributed by atoms with Crippen LogP contribution in [0.5, 0.6) is 5.75 Å². The summed E-state index contributed by atoms with van der Waals surface area (Å²) in [6.07, 6.45) is 1.51. The van der Waals surface area contributed by atoms with Crippen LogP contribution in [-0.2, 0) is 9.53 Å². The second-order valence-corrected chi connectivity index (χ2v) is 7.72. The number of hydrogen-bond acceptors (Lipinski definition) is 6. The molecular formula is C25H22N2O4S. The van der Waals surface area contributed by atoms with E-state index in [4.69, 9.17) is 9.47 Å². The van der Waals surface area contributed by atoms with Gasteiger partial charge in [-0.1, -0.05) is 42.0 Å². The molecule has 0 atom stereocenters. The number of hydrogen-bond donors (Lipinski definition) is 1. The third kappa shape index (κ3) is 5.23. The maximum atomic E-state index is 12.8. The van der Waals surface area contributed by atoms with Crippen molar-refractivity contribution in [3.63, 3.8) is 0 Å². The molecule has 3 rings (SSSR count). The Morgan fingerprint density at radius 1 is 1.12 bits per heavy atom. The highest BCUT2D eigenvalue weighted by Crippen LogP contribution is 2.37. The standard InChI is InChI=1S/C25H22N2O4S/c1-4-31-25(29)22-21(18-9-11-20(30-3)12-10-18)15-32-24(22)27-23(28)19(14-26)13-17-7-5-16(2)6-8-17/h5-13,15H,4H2,1-3H3,(H,27,28)/b19-13+. The lowest BCUT2D eigenvalue weighted by Crippen LogP contribution is -2.16. The molecule has 32 heavy (non-hydrogen) atoms. The Morgan fingerprint density at radius 2 is 1.81 bits per heavy atom. The second kappa shape index (κ2) is 10.4. The molecule has 1 amide bonds. The number of rotatable bonds is 7. The summed E-state index contributed by atoms with van der Waals surface area (Å²) in [5, 5.41) is 14.3. The summed E-state index contributed by atoms with van der Waals surface area (Å²) in [6, 6.07) is 16.6. The molecule has 2 aromatic carbocycles. The van der Waals surface area contributed by atoms with Crippen LogP contribution < -0.4 is 10.1 Å². The van der Waals surface area contributed by atoms with Crippen LogP contribution in [0.3, 0.4) is 0 Å². The maximum Gasteiger partial charge on any atom is 0.341 e. The summed E-state index contributed by atoms with van der Waals surface area (Å²) in [5.41, 5.74) is 3.41. The third-order valence-electron chi connectivity index (χ3n) is 4.65. The number of amides is 1. The normalized spacial score (nSPS) is 10.9. The van der Waals surface area contributed by atoms with Gasteiger partial charge in [-0.15, -0.1) is 11.3 Å². The smallest absolute Gasteiger partial charge is 0.341 e.